The van der Waals surface area contributed by atoms with E-state index in [9.17, 15) is 14.4 Å². The normalized spacial score (nSPS) is 9.86. The molecule has 0 aliphatic rings. The van der Waals surface area contributed by atoms with Crippen LogP contribution in [0.2, 0.25) is 0 Å². The van der Waals surface area contributed by atoms with E-state index in [1.54, 1.807) is 55.5 Å². The monoisotopic (exact) mass is 498 g/mol. The van der Waals surface area contributed by atoms with Crippen molar-refractivity contribution in [2.45, 2.75) is 19.8 Å². The lowest BCUT2D eigenvalue weighted by Crippen LogP contribution is -2.10. The number of hydrogen-bond acceptors (Lipinski definition) is 7. The number of carbonyl (C=O) groups excluding carboxylic acids is 3. The molecule has 0 radical (unpaired) electrons. The molecule has 188 valence electrons. The molecule has 3 aromatic carbocycles. The average molecular weight is 499 g/mol. The van der Waals surface area contributed by atoms with E-state index in [1.807, 2.05) is 0 Å². The van der Waals surface area contributed by atoms with Crippen LogP contribution in [0.15, 0.2) is 85.5 Å². The molecule has 7 nitrogen and oxygen atoms in total. The first kappa shape index (κ1) is 26.8. The van der Waals surface area contributed by atoms with Gasteiger partial charge in [0.25, 0.3) is 0 Å². The van der Waals surface area contributed by atoms with Gasteiger partial charge in [0.2, 0.25) is 0 Å². The number of carbonyl (C=O) groups is 3. The van der Waals surface area contributed by atoms with Crippen LogP contribution in [0.1, 0.15) is 46.0 Å². The van der Waals surface area contributed by atoms with Gasteiger partial charge in [-0.2, -0.15) is 0 Å². The maximum atomic E-state index is 12.5. The van der Waals surface area contributed by atoms with Crippen LogP contribution < -0.4 is 14.2 Å². The largest absolute Gasteiger partial charge is 0.494 e. The topological polar surface area (TPSA) is 88.1 Å². The Labute approximate surface area is 215 Å². The molecule has 0 aliphatic carbocycles. The van der Waals surface area contributed by atoms with E-state index in [4.69, 9.17) is 18.9 Å². The van der Waals surface area contributed by atoms with E-state index < -0.39 is 17.9 Å². The number of hydrogen-bond donors (Lipinski definition) is 0. The third-order valence-corrected chi connectivity index (χ3v) is 4.94. The van der Waals surface area contributed by atoms with Crippen molar-refractivity contribution in [3.05, 3.63) is 102 Å². The van der Waals surface area contributed by atoms with Crippen LogP contribution in [0.4, 0.5) is 0 Å². The first-order valence-electron chi connectivity index (χ1n) is 11.6. The zero-order valence-electron chi connectivity index (χ0n) is 20.4. The van der Waals surface area contributed by atoms with Crippen molar-refractivity contribution < 1.29 is 33.3 Å². The number of unbranched alkanes of at least 4 members (excludes halogenated alkanes) is 1. The van der Waals surface area contributed by atoms with Gasteiger partial charge in [-0.25, -0.2) is 14.4 Å². The Kier molecular flexibility index (Phi) is 10.1. The Morgan fingerprint density at radius 1 is 0.730 bits per heavy atom. The molecule has 7 heteroatoms. The number of esters is 3. The predicted molar refractivity (Wildman–Crippen MR) is 138 cm³/mol. The SMILES string of the molecule is C=CC(=O)OCCCCOc1ccc(C(=O)Oc2ccc(C(=O)Oc3ccc(C#CC)cc3)cc2)cc1. The van der Waals surface area contributed by atoms with Gasteiger partial charge in [0.15, 0.2) is 0 Å². The zero-order chi connectivity index (χ0) is 26.5. The number of ether oxygens (including phenoxy) is 4. The minimum atomic E-state index is -0.541. The van der Waals surface area contributed by atoms with Gasteiger partial charge in [-0.1, -0.05) is 12.5 Å². The van der Waals surface area contributed by atoms with Crippen LogP contribution in [-0.4, -0.2) is 31.1 Å². The summed E-state index contributed by atoms with van der Waals surface area (Å²) in [5, 5.41) is 0. The summed E-state index contributed by atoms with van der Waals surface area (Å²) in [5.41, 5.74) is 1.50. The molecule has 0 atom stereocenters. The van der Waals surface area contributed by atoms with Crippen molar-refractivity contribution >= 4 is 17.9 Å². The molecule has 0 bridgehead atoms. The first-order chi connectivity index (χ1) is 18.0. The van der Waals surface area contributed by atoms with Crippen LogP contribution in [0.3, 0.4) is 0 Å². The summed E-state index contributed by atoms with van der Waals surface area (Å²) >= 11 is 0. The minimum absolute atomic E-state index is 0.293. The van der Waals surface area contributed by atoms with Gasteiger partial charge in [-0.05, 0) is 92.6 Å². The minimum Gasteiger partial charge on any atom is -0.494 e. The Morgan fingerprint density at radius 2 is 1.22 bits per heavy atom. The van der Waals surface area contributed by atoms with Crippen LogP contribution >= 0.6 is 0 Å². The second kappa shape index (κ2) is 13.9. The van der Waals surface area contributed by atoms with Gasteiger partial charge in [0.1, 0.15) is 17.2 Å². The Morgan fingerprint density at radius 3 is 1.73 bits per heavy atom. The highest BCUT2D eigenvalue weighted by atomic mass is 16.5. The second-order valence-corrected chi connectivity index (χ2v) is 7.65. The molecule has 0 unspecified atom stereocenters. The van der Waals surface area contributed by atoms with Crippen molar-refractivity contribution in [3.8, 4) is 29.1 Å². The summed E-state index contributed by atoms with van der Waals surface area (Å²) < 4.78 is 21.3. The Bertz CT molecular complexity index is 1280. The molecular formula is C30H26O7. The summed E-state index contributed by atoms with van der Waals surface area (Å²) in [6.07, 6.45) is 2.50. The number of benzene rings is 3. The smallest absolute Gasteiger partial charge is 0.343 e. The lowest BCUT2D eigenvalue weighted by atomic mass is 10.2. The molecule has 0 amide bonds. The van der Waals surface area contributed by atoms with Crippen molar-refractivity contribution in [1.82, 2.24) is 0 Å². The van der Waals surface area contributed by atoms with Gasteiger partial charge in [0, 0.05) is 11.6 Å². The molecule has 0 saturated heterocycles. The fourth-order valence-electron chi connectivity index (χ4n) is 3.05. The molecule has 0 aliphatic heterocycles. The molecule has 0 aromatic heterocycles. The average Bonchev–Trinajstić information content (AvgIpc) is 2.92. The molecule has 37 heavy (non-hydrogen) atoms. The van der Waals surface area contributed by atoms with Crippen molar-refractivity contribution in [1.29, 1.82) is 0 Å². The van der Waals surface area contributed by atoms with E-state index in [1.165, 1.54) is 24.3 Å². The van der Waals surface area contributed by atoms with Crippen molar-refractivity contribution in [2.75, 3.05) is 13.2 Å². The van der Waals surface area contributed by atoms with Crippen LogP contribution in [-0.2, 0) is 9.53 Å². The Balaban J connectivity index is 1.45. The van der Waals surface area contributed by atoms with Gasteiger partial charge in [0.05, 0.1) is 24.3 Å². The summed E-state index contributed by atoms with van der Waals surface area (Å²) in [4.78, 5) is 35.8. The zero-order valence-corrected chi connectivity index (χ0v) is 20.4. The van der Waals surface area contributed by atoms with Gasteiger partial charge in [-0.3, -0.25) is 0 Å². The fourth-order valence-corrected chi connectivity index (χ4v) is 3.05. The summed E-state index contributed by atoms with van der Waals surface area (Å²) in [7, 11) is 0. The van der Waals surface area contributed by atoms with Gasteiger partial charge < -0.3 is 18.9 Å². The fraction of sp³-hybridized carbons (Fsp3) is 0.167. The Hall–Kier alpha value is -4.83. The van der Waals surface area contributed by atoms with E-state index in [0.717, 1.165) is 11.6 Å². The molecule has 0 saturated carbocycles. The lowest BCUT2D eigenvalue weighted by Gasteiger charge is -2.08. The van der Waals surface area contributed by atoms with Crippen molar-refractivity contribution in [3.63, 3.8) is 0 Å². The third kappa shape index (κ3) is 8.71. The summed E-state index contributed by atoms with van der Waals surface area (Å²) in [5.74, 6) is 5.52. The molecule has 0 heterocycles. The quantitative estimate of drug-likeness (QED) is 0.115. The summed E-state index contributed by atoms with van der Waals surface area (Å²) in [6.45, 7) is 5.84. The molecule has 0 fully saturated rings. The van der Waals surface area contributed by atoms with Crippen molar-refractivity contribution in [2.24, 2.45) is 0 Å². The number of rotatable bonds is 11. The van der Waals surface area contributed by atoms with E-state index >= 15 is 0 Å². The highest BCUT2D eigenvalue weighted by molar-refractivity contribution is 5.92. The predicted octanol–water partition coefficient (Wildman–Crippen LogP) is 5.38. The van der Waals surface area contributed by atoms with Gasteiger partial charge >= 0.3 is 17.9 Å². The van der Waals surface area contributed by atoms with E-state index in [0.29, 0.717) is 54.4 Å². The van der Waals surface area contributed by atoms with Crippen LogP contribution in [0.25, 0.3) is 0 Å². The molecular weight excluding hydrogens is 472 g/mol. The molecule has 3 aromatic rings. The van der Waals surface area contributed by atoms with Crippen LogP contribution in [0.5, 0.6) is 17.2 Å². The third-order valence-electron chi connectivity index (χ3n) is 4.94. The molecule has 0 spiro atoms. The van der Waals surface area contributed by atoms with Crippen LogP contribution in [0, 0.1) is 11.8 Å². The molecule has 0 N–H and O–H groups in total. The van der Waals surface area contributed by atoms with E-state index in [-0.39, 0.29) is 0 Å². The highest BCUT2D eigenvalue weighted by Gasteiger charge is 2.12. The van der Waals surface area contributed by atoms with Gasteiger partial charge in [-0.15, -0.1) is 5.92 Å². The maximum Gasteiger partial charge on any atom is 0.343 e. The molecule has 3 rings (SSSR count). The first-order valence-corrected chi connectivity index (χ1v) is 11.6. The standard InChI is InChI=1S/C30H26O7/c1-3-7-22-8-14-26(15-9-22)36-30(33)24-12-18-27(19-13-24)37-29(32)23-10-16-25(17-11-23)34-20-5-6-21-35-28(31)4-2/h4,8-19H,2,5-6,20-21H2,1H3. The lowest BCUT2D eigenvalue weighted by molar-refractivity contribution is -0.137. The second-order valence-electron chi connectivity index (χ2n) is 7.65. The highest BCUT2D eigenvalue weighted by Crippen LogP contribution is 2.19. The summed E-state index contributed by atoms with van der Waals surface area (Å²) in [6, 6.07) is 19.6. The van der Waals surface area contributed by atoms with E-state index in [2.05, 4.69) is 18.4 Å². The maximum absolute atomic E-state index is 12.5.